The average molecular weight is 305 g/mol. The summed E-state index contributed by atoms with van der Waals surface area (Å²) >= 11 is 9.49. The fraction of sp³-hybridized carbons (Fsp3) is 0.500. The molecular formula is C12H15BrClNO. The lowest BCUT2D eigenvalue weighted by Crippen LogP contribution is -2.44. The second-order valence-corrected chi connectivity index (χ2v) is 5.21. The Hall–Kier alpha value is -0.250. The molecule has 4 heteroatoms. The summed E-state index contributed by atoms with van der Waals surface area (Å²) in [7, 11) is 0. The number of rotatable bonds is 2. The van der Waals surface area contributed by atoms with E-state index in [1.807, 2.05) is 6.07 Å². The van der Waals surface area contributed by atoms with E-state index in [9.17, 15) is 0 Å². The summed E-state index contributed by atoms with van der Waals surface area (Å²) in [5.41, 5.74) is 2.40. The van der Waals surface area contributed by atoms with Crippen molar-refractivity contribution in [1.82, 2.24) is 0 Å². The van der Waals surface area contributed by atoms with Gasteiger partial charge in [0.25, 0.3) is 0 Å². The van der Waals surface area contributed by atoms with Crippen molar-refractivity contribution in [1.29, 1.82) is 0 Å². The molecule has 2 rings (SSSR count). The highest BCUT2D eigenvalue weighted by Gasteiger charge is 2.21. The van der Waals surface area contributed by atoms with Crippen LogP contribution in [-0.2, 0) is 10.6 Å². The van der Waals surface area contributed by atoms with Crippen molar-refractivity contribution in [3.8, 4) is 0 Å². The third-order valence-electron chi connectivity index (χ3n) is 2.87. The van der Waals surface area contributed by atoms with E-state index >= 15 is 0 Å². The van der Waals surface area contributed by atoms with Crippen LogP contribution in [0.3, 0.4) is 0 Å². The molecule has 1 aliphatic rings. The molecule has 0 bridgehead atoms. The molecule has 0 aliphatic carbocycles. The van der Waals surface area contributed by atoms with Gasteiger partial charge in [-0.3, -0.25) is 0 Å². The Morgan fingerprint density at radius 3 is 3.06 bits per heavy atom. The van der Waals surface area contributed by atoms with Crippen LogP contribution in [0.4, 0.5) is 5.69 Å². The highest BCUT2D eigenvalue weighted by Crippen LogP contribution is 2.29. The zero-order valence-electron chi connectivity index (χ0n) is 9.25. The zero-order valence-corrected chi connectivity index (χ0v) is 11.6. The Labute approximate surface area is 110 Å². The minimum atomic E-state index is 0.407. The van der Waals surface area contributed by atoms with Gasteiger partial charge in [0.05, 0.1) is 13.2 Å². The van der Waals surface area contributed by atoms with Gasteiger partial charge in [-0.05, 0) is 24.6 Å². The number of morpholine rings is 1. The second-order valence-electron chi connectivity index (χ2n) is 4.02. The summed E-state index contributed by atoms with van der Waals surface area (Å²) in [5, 5.41) is 0. The van der Waals surface area contributed by atoms with Crippen molar-refractivity contribution in [2.24, 2.45) is 0 Å². The number of nitrogens with zero attached hydrogens (tertiary/aromatic N) is 1. The van der Waals surface area contributed by atoms with Gasteiger partial charge in [-0.1, -0.05) is 22.0 Å². The van der Waals surface area contributed by atoms with Gasteiger partial charge in [0.15, 0.2) is 0 Å². The number of alkyl halides is 1. The van der Waals surface area contributed by atoms with Gasteiger partial charge >= 0.3 is 0 Å². The van der Waals surface area contributed by atoms with Crippen molar-refractivity contribution >= 4 is 33.2 Å². The summed E-state index contributed by atoms with van der Waals surface area (Å²) in [6.45, 7) is 4.69. The van der Waals surface area contributed by atoms with Crippen LogP contribution in [-0.4, -0.2) is 25.8 Å². The van der Waals surface area contributed by atoms with Crippen molar-refractivity contribution < 1.29 is 4.74 Å². The van der Waals surface area contributed by atoms with Gasteiger partial charge in [-0.25, -0.2) is 0 Å². The molecule has 1 unspecified atom stereocenters. The first-order valence-electron chi connectivity index (χ1n) is 5.41. The van der Waals surface area contributed by atoms with Crippen LogP contribution in [0.15, 0.2) is 22.7 Å². The summed E-state index contributed by atoms with van der Waals surface area (Å²) in [4.78, 5) is 2.37. The zero-order chi connectivity index (χ0) is 11.5. The van der Waals surface area contributed by atoms with Gasteiger partial charge in [0, 0.05) is 28.6 Å². The van der Waals surface area contributed by atoms with Gasteiger partial charge in [-0.15, -0.1) is 11.6 Å². The maximum Gasteiger partial charge on any atom is 0.0668 e. The number of benzene rings is 1. The number of ether oxygens (including phenoxy) is 1. The van der Waals surface area contributed by atoms with E-state index < -0.39 is 0 Å². The molecule has 1 heterocycles. The molecule has 1 aliphatic heterocycles. The largest absolute Gasteiger partial charge is 0.377 e. The molecule has 0 amide bonds. The molecule has 0 saturated carbocycles. The van der Waals surface area contributed by atoms with Crippen LogP contribution in [0.25, 0.3) is 0 Å². The highest BCUT2D eigenvalue weighted by molar-refractivity contribution is 9.10. The molecule has 2 nitrogen and oxygen atoms in total. The minimum absolute atomic E-state index is 0.407. The summed E-state index contributed by atoms with van der Waals surface area (Å²) in [5.74, 6) is 0.548. The number of hydrogen-bond acceptors (Lipinski definition) is 2. The quantitative estimate of drug-likeness (QED) is 0.776. The number of halogens is 2. The number of anilines is 1. The molecule has 0 N–H and O–H groups in total. The Morgan fingerprint density at radius 2 is 2.38 bits per heavy atom. The Balaban J connectivity index is 2.33. The van der Waals surface area contributed by atoms with Gasteiger partial charge in [0.1, 0.15) is 0 Å². The minimum Gasteiger partial charge on any atom is -0.377 e. The molecule has 1 saturated heterocycles. The average Bonchev–Trinajstić information content (AvgIpc) is 2.29. The molecule has 16 heavy (non-hydrogen) atoms. The third kappa shape index (κ3) is 2.53. The van der Waals surface area contributed by atoms with Crippen LogP contribution < -0.4 is 4.90 Å². The van der Waals surface area contributed by atoms with E-state index in [0.717, 1.165) is 24.2 Å². The first-order chi connectivity index (χ1) is 7.72. The Kier molecular flexibility index (Phi) is 4.11. The lowest BCUT2D eigenvalue weighted by Gasteiger charge is -2.36. The first-order valence-corrected chi connectivity index (χ1v) is 6.74. The Morgan fingerprint density at radius 1 is 1.56 bits per heavy atom. The molecule has 1 fully saturated rings. The number of hydrogen-bond donors (Lipinski definition) is 0. The maximum atomic E-state index is 5.98. The van der Waals surface area contributed by atoms with E-state index in [2.05, 4.69) is 39.9 Å². The topological polar surface area (TPSA) is 12.5 Å². The maximum absolute atomic E-state index is 5.98. The second kappa shape index (κ2) is 5.39. The van der Waals surface area contributed by atoms with Crippen LogP contribution >= 0.6 is 27.5 Å². The molecule has 88 valence electrons. The molecule has 0 aromatic heterocycles. The SMILES string of the molecule is CC1COCCN1c1cc(Br)ccc1CCl. The smallest absolute Gasteiger partial charge is 0.0668 e. The standard InChI is InChI=1S/C12H15BrClNO/c1-9-8-16-5-4-15(9)12-6-11(13)3-2-10(12)7-14/h2-3,6,9H,4-5,7-8H2,1H3. The Bertz CT molecular complexity index is 372. The normalized spacial score (nSPS) is 21.2. The summed E-state index contributed by atoms with van der Waals surface area (Å²) < 4.78 is 6.54. The third-order valence-corrected chi connectivity index (χ3v) is 3.65. The van der Waals surface area contributed by atoms with Crippen LogP contribution in [0, 0.1) is 0 Å². The van der Waals surface area contributed by atoms with E-state index in [1.54, 1.807) is 0 Å². The van der Waals surface area contributed by atoms with Crippen molar-refractivity contribution in [3.63, 3.8) is 0 Å². The fourth-order valence-corrected chi connectivity index (χ4v) is 2.58. The van der Waals surface area contributed by atoms with Crippen molar-refractivity contribution in [3.05, 3.63) is 28.2 Å². The molecule has 1 atom stereocenters. The lowest BCUT2D eigenvalue weighted by molar-refractivity contribution is 0.0989. The monoisotopic (exact) mass is 303 g/mol. The van der Waals surface area contributed by atoms with Crippen LogP contribution in [0.5, 0.6) is 0 Å². The highest BCUT2D eigenvalue weighted by atomic mass is 79.9. The van der Waals surface area contributed by atoms with Crippen molar-refractivity contribution in [2.75, 3.05) is 24.7 Å². The predicted molar refractivity (Wildman–Crippen MR) is 71.3 cm³/mol. The first kappa shape index (κ1) is 12.2. The van der Waals surface area contributed by atoms with E-state index in [1.165, 1.54) is 11.3 Å². The lowest BCUT2D eigenvalue weighted by atomic mass is 10.1. The van der Waals surface area contributed by atoms with Crippen LogP contribution in [0.2, 0.25) is 0 Å². The predicted octanol–water partition coefficient (Wildman–Crippen LogP) is 3.41. The summed E-state index contributed by atoms with van der Waals surface area (Å²) in [6.07, 6.45) is 0. The molecule has 1 aromatic carbocycles. The molecule has 1 aromatic rings. The molecule has 0 radical (unpaired) electrons. The van der Waals surface area contributed by atoms with E-state index in [0.29, 0.717) is 11.9 Å². The van der Waals surface area contributed by atoms with E-state index in [-0.39, 0.29) is 0 Å². The molecular weight excluding hydrogens is 289 g/mol. The van der Waals surface area contributed by atoms with Gasteiger partial charge in [0.2, 0.25) is 0 Å². The van der Waals surface area contributed by atoms with Crippen LogP contribution in [0.1, 0.15) is 12.5 Å². The van der Waals surface area contributed by atoms with E-state index in [4.69, 9.17) is 16.3 Å². The molecule has 0 spiro atoms. The van der Waals surface area contributed by atoms with Gasteiger partial charge in [-0.2, -0.15) is 0 Å². The van der Waals surface area contributed by atoms with Gasteiger partial charge < -0.3 is 9.64 Å². The summed E-state index contributed by atoms with van der Waals surface area (Å²) in [6, 6.07) is 6.66. The fourth-order valence-electron chi connectivity index (χ4n) is 2.00. The van der Waals surface area contributed by atoms with Crippen molar-refractivity contribution in [2.45, 2.75) is 18.8 Å².